The van der Waals surface area contributed by atoms with E-state index in [-0.39, 0.29) is 38.2 Å². The summed E-state index contributed by atoms with van der Waals surface area (Å²) < 4.78 is 85.0. The van der Waals surface area contributed by atoms with Gasteiger partial charge in [-0.15, -0.1) is 0 Å². The summed E-state index contributed by atoms with van der Waals surface area (Å²) >= 11 is 0. The Morgan fingerprint density at radius 3 is 2.25 bits per heavy atom. The Morgan fingerprint density at radius 1 is 1.03 bits per heavy atom. The van der Waals surface area contributed by atoms with Crippen LogP contribution in [0.4, 0.5) is 36.8 Å². The van der Waals surface area contributed by atoms with E-state index < -0.39 is 24.5 Å². The Hall–Kier alpha value is -2.70. The highest BCUT2D eigenvalue weighted by Crippen LogP contribution is 2.36. The van der Waals surface area contributed by atoms with Crippen molar-refractivity contribution in [2.24, 2.45) is 0 Å². The molecular formula is C23H29F6N3O4. The van der Waals surface area contributed by atoms with Crippen LogP contribution in [0.2, 0.25) is 0 Å². The van der Waals surface area contributed by atoms with Crippen molar-refractivity contribution in [2.45, 2.75) is 57.7 Å². The number of piperazine rings is 1. The second kappa shape index (κ2) is 11.1. The molecular weight excluding hydrogens is 496 g/mol. The standard InChI is InChI=1S/C23H29F6N3O4/c1-3-35-19(33)17-5-4-8-32(17)18-13-16(7-6-15(18)2)14-30-9-11-31(12-10-30)21(34)36-20(22(24,25)26)23(27,28)29/h6-7,13,17,20H,3-5,8-12,14H2,1-2H3. The average Bonchev–Trinajstić information content (AvgIpc) is 3.27. The number of amides is 1. The number of hydrogen-bond acceptors (Lipinski definition) is 6. The summed E-state index contributed by atoms with van der Waals surface area (Å²) in [6.45, 7) is 5.52. The van der Waals surface area contributed by atoms with Gasteiger partial charge in [0.1, 0.15) is 6.04 Å². The van der Waals surface area contributed by atoms with Crippen molar-refractivity contribution in [1.82, 2.24) is 9.80 Å². The maximum atomic E-state index is 12.7. The number of benzene rings is 1. The van der Waals surface area contributed by atoms with Gasteiger partial charge in [-0.2, -0.15) is 26.3 Å². The normalized spacial score (nSPS) is 19.6. The highest BCUT2D eigenvalue weighted by atomic mass is 19.4. The maximum Gasteiger partial charge on any atom is 0.434 e. The van der Waals surface area contributed by atoms with Gasteiger partial charge in [0, 0.05) is 45.0 Å². The fourth-order valence-electron chi connectivity index (χ4n) is 4.44. The Morgan fingerprint density at radius 2 is 1.67 bits per heavy atom. The van der Waals surface area contributed by atoms with Crippen LogP contribution < -0.4 is 4.90 Å². The molecule has 0 saturated carbocycles. The quantitative estimate of drug-likeness (QED) is 0.409. The molecule has 1 aromatic carbocycles. The molecule has 2 fully saturated rings. The first kappa shape index (κ1) is 27.9. The lowest BCUT2D eigenvalue weighted by atomic mass is 10.1. The van der Waals surface area contributed by atoms with Crippen LogP contribution in [-0.2, 0) is 20.8 Å². The van der Waals surface area contributed by atoms with Crippen molar-refractivity contribution >= 4 is 17.7 Å². The van der Waals surface area contributed by atoms with Gasteiger partial charge in [-0.1, -0.05) is 12.1 Å². The number of carbonyl (C=O) groups excluding carboxylic acids is 2. The minimum Gasteiger partial charge on any atom is -0.464 e. The van der Waals surface area contributed by atoms with E-state index in [1.165, 1.54) is 0 Å². The summed E-state index contributed by atoms with van der Waals surface area (Å²) in [6.07, 6.45) is -15.8. The Labute approximate surface area is 204 Å². The molecule has 1 atom stereocenters. The summed E-state index contributed by atoms with van der Waals surface area (Å²) in [5, 5.41) is 0. The van der Waals surface area contributed by atoms with Gasteiger partial charge >= 0.3 is 24.4 Å². The van der Waals surface area contributed by atoms with E-state index in [1.54, 1.807) is 6.92 Å². The number of rotatable bonds is 6. The van der Waals surface area contributed by atoms with E-state index in [2.05, 4.69) is 4.74 Å². The Balaban J connectivity index is 1.60. The molecule has 0 aromatic heterocycles. The molecule has 202 valence electrons. The fraction of sp³-hybridized carbons (Fsp3) is 0.652. The number of hydrogen-bond donors (Lipinski definition) is 0. The van der Waals surface area contributed by atoms with Crippen molar-refractivity contribution in [2.75, 3.05) is 44.2 Å². The van der Waals surface area contributed by atoms with Crippen LogP contribution in [0, 0.1) is 6.92 Å². The minimum atomic E-state index is -5.75. The highest BCUT2D eigenvalue weighted by molar-refractivity contribution is 5.81. The third-order valence-electron chi connectivity index (χ3n) is 6.24. The number of halogens is 6. The number of ether oxygens (including phenoxy) is 2. The van der Waals surface area contributed by atoms with Crippen molar-refractivity contribution in [3.8, 4) is 0 Å². The number of alkyl halides is 6. The predicted molar refractivity (Wildman–Crippen MR) is 117 cm³/mol. The number of esters is 1. The molecule has 1 aromatic rings. The first-order valence-electron chi connectivity index (χ1n) is 11.7. The van der Waals surface area contributed by atoms with Crippen molar-refractivity contribution in [1.29, 1.82) is 0 Å². The molecule has 0 N–H and O–H groups in total. The number of aryl methyl sites for hydroxylation is 1. The zero-order valence-corrected chi connectivity index (χ0v) is 20.0. The molecule has 7 nitrogen and oxygen atoms in total. The Kier molecular flexibility index (Phi) is 8.63. The molecule has 2 aliphatic rings. The average molecular weight is 525 g/mol. The van der Waals surface area contributed by atoms with Gasteiger partial charge in [-0.3, -0.25) is 4.90 Å². The smallest absolute Gasteiger partial charge is 0.434 e. The van der Waals surface area contributed by atoms with Crippen LogP contribution in [0.3, 0.4) is 0 Å². The van der Waals surface area contributed by atoms with E-state index in [4.69, 9.17) is 4.74 Å². The lowest BCUT2D eigenvalue weighted by Crippen LogP contribution is -2.52. The van der Waals surface area contributed by atoms with E-state index in [0.29, 0.717) is 26.1 Å². The maximum absolute atomic E-state index is 12.7. The topological polar surface area (TPSA) is 62.3 Å². The lowest BCUT2D eigenvalue weighted by Gasteiger charge is -2.35. The highest BCUT2D eigenvalue weighted by Gasteiger charge is 2.60. The lowest BCUT2D eigenvalue weighted by molar-refractivity contribution is -0.308. The molecule has 36 heavy (non-hydrogen) atoms. The zero-order valence-electron chi connectivity index (χ0n) is 20.0. The second-order valence-corrected chi connectivity index (χ2v) is 8.83. The van der Waals surface area contributed by atoms with Crippen molar-refractivity contribution in [3.63, 3.8) is 0 Å². The molecule has 13 heteroatoms. The summed E-state index contributed by atoms with van der Waals surface area (Å²) in [7, 11) is 0. The number of carbonyl (C=O) groups is 2. The van der Waals surface area contributed by atoms with Gasteiger partial charge in [0.25, 0.3) is 6.10 Å². The first-order chi connectivity index (χ1) is 16.8. The molecule has 1 amide bonds. The van der Waals surface area contributed by atoms with Gasteiger partial charge in [-0.25, -0.2) is 9.59 Å². The molecule has 2 aliphatic heterocycles. The van der Waals surface area contributed by atoms with Crippen LogP contribution in [0.5, 0.6) is 0 Å². The number of nitrogens with zero attached hydrogens (tertiary/aromatic N) is 3. The van der Waals surface area contributed by atoms with Crippen LogP contribution in [0.25, 0.3) is 0 Å². The SMILES string of the molecule is CCOC(=O)C1CCCN1c1cc(CN2CCN(C(=O)OC(C(F)(F)F)C(F)(F)F)CC2)ccc1C. The summed E-state index contributed by atoms with van der Waals surface area (Å²) in [5.74, 6) is -0.263. The first-order valence-corrected chi connectivity index (χ1v) is 11.7. The summed E-state index contributed by atoms with van der Waals surface area (Å²) in [5.41, 5.74) is 2.83. The third kappa shape index (κ3) is 6.74. The molecule has 0 radical (unpaired) electrons. The largest absolute Gasteiger partial charge is 0.464 e. The summed E-state index contributed by atoms with van der Waals surface area (Å²) in [4.78, 5) is 29.1. The Bertz CT molecular complexity index is 917. The van der Waals surface area contributed by atoms with Gasteiger partial charge in [-0.05, 0) is 43.9 Å². The molecule has 2 heterocycles. The molecule has 0 bridgehead atoms. The minimum absolute atomic E-state index is 0.0724. The zero-order chi connectivity index (χ0) is 26.7. The van der Waals surface area contributed by atoms with Crippen LogP contribution >= 0.6 is 0 Å². The molecule has 3 rings (SSSR count). The number of anilines is 1. The van der Waals surface area contributed by atoms with Crippen molar-refractivity contribution < 1.29 is 45.4 Å². The van der Waals surface area contributed by atoms with E-state index in [9.17, 15) is 35.9 Å². The van der Waals surface area contributed by atoms with E-state index >= 15 is 0 Å². The van der Waals surface area contributed by atoms with Crippen LogP contribution in [-0.4, -0.2) is 85.7 Å². The van der Waals surface area contributed by atoms with Gasteiger partial charge in [0.05, 0.1) is 6.61 Å². The summed E-state index contributed by atoms with van der Waals surface area (Å²) in [6, 6.07) is 5.48. The van der Waals surface area contributed by atoms with Gasteiger partial charge < -0.3 is 19.3 Å². The van der Waals surface area contributed by atoms with Gasteiger partial charge in [0.15, 0.2) is 0 Å². The second-order valence-electron chi connectivity index (χ2n) is 8.83. The monoisotopic (exact) mass is 525 g/mol. The van der Waals surface area contributed by atoms with E-state index in [1.807, 2.05) is 34.9 Å². The molecule has 2 saturated heterocycles. The van der Waals surface area contributed by atoms with Crippen LogP contribution in [0.15, 0.2) is 18.2 Å². The fourth-order valence-corrected chi connectivity index (χ4v) is 4.44. The van der Waals surface area contributed by atoms with Crippen molar-refractivity contribution in [3.05, 3.63) is 29.3 Å². The molecule has 1 unspecified atom stereocenters. The van der Waals surface area contributed by atoms with Crippen LogP contribution in [0.1, 0.15) is 30.9 Å². The van der Waals surface area contributed by atoms with E-state index in [0.717, 1.165) is 28.1 Å². The van der Waals surface area contributed by atoms with Gasteiger partial charge in [0.2, 0.25) is 0 Å². The third-order valence-corrected chi connectivity index (χ3v) is 6.24. The molecule has 0 spiro atoms. The predicted octanol–water partition coefficient (Wildman–Crippen LogP) is 4.27. The molecule has 0 aliphatic carbocycles.